The average molecular weight is 399 g/mol. The van der Waals surface area contributed by atoms with Crippen molar-refractivity contribution in [3.8, 4) is 17.6 Å². The number of hydrogen-bond acceptors (Lipinski definition) is 6. The number of carbonyl (C=O) groups excluding carboxylic acids is 2. The van der Waals surface area contributed by atoms with E-state index in [1.54, 1.807) is 30.3 Å². The van der Waals surface area contributed by atoms with Crippen LogP contribution < -0.4 is 20.3 Å². The van der Waals surface area contributed by atoms with Gasteiger partial charge in [0.05, 0.1) is 31.1 Å². The zero-order valence-corrected chi connectivity index (χ0v) is 16.5. The van der Waals surface area contributed by atoms with Gasteiger partial charge in [0.15, 0.2) is 11.5 Å². The van der Waals surface area contributed by atoms with Crippen LogP contribution >= 0.6 is 11.8 Å². The number of ether oxygens (including phenoxy) is 2. The first-order valence-electron chi connectivity index (χ1n) is 8.54. The quantitative estimate of drug-likeness (QED) is 0.662. The second-order valence-corrected chi connectivity index (χ2v) is 6.59. The molecule has 0 heterocycles. The molecule has 2 aromatic rings. The number of amides is 2. The number of nitriles is 1. The molecule has 2 N–H and O–H groups in total. The van der Waals surface area contributed by atoms with Gasteiger partial charge in [-0.15, -0.1) is 11.8 Å². The normalized spacial score (nSPS) is 9.89. The lowest BCUT2D eigenvalue weighted by Crippen LogP contribution is -2.42. The van der Waals surface area contributed by atoms with Crippen LogP contribution in [0.25, 0.3) is 0 Å². The van der Waals surface area contributed by atoms with Crippen LogP contribution in [0.2, 0.25) is 0 Å². The van der Waals surface area contributed by atoms with E-state index in [0.29, 0.717) is 35.0 Å². The summed E-state index contributed by atoms with van der Waals surface area (Å²) in [5.74, 6) is 1.04. The van der Waals surface area contributed by atoms with E-state index in [9.17, 15) is 9.59 Å². The summed E-state index contributed by atoms with van der Waals surface area (Å²) in [6.07, 6.45) is 0. The van der Waals surface area contributed by atoms with Gasteiger partial charge in [0, 0.05) is 11.3 Å². The minimum atomic E-state index is -0.452. The molecule has 0 aliphatic heterocycles. The fraction of sp³-hybridized carbons (Fsp3) is 0.250. The molecule has 0 atom stereocenters. The summed E-state index contributed by atoms with van der Waals surface area (Å²) in [5.41, 5.74) is 6.72. The molecule has 0 bridgehead atoms. The van der Waals surface area contributed by atoms with E-state index in [1.165, 1.54) is 18.9 Å². The van der Waals surface area contributed by atoms with Crippen molar-refractivity contribution < 1.29 is 19.1 Å². The first-order valence-corrected chi connectivity index (χ1v) is 9.69. The lowest BCUT2D eigenvalue weighted by molar-refractivity contribution is -0.119. The molecule has 0 radical (unpaired) electrons. The standard InChI is InChI=1S/C20H21N3O4S/c1-3-27-17-9-8-16(10-18(17)26-2)20(25)23-22-19(24)13-28-12-15-6-4-14(11-21)5-7-15/h4-10H,3,12-13H2,1-2H3,(H,22,24)(H,23,25). The van der Waals surface area contributed by atoms with Crippen LogP contribution in [-0.4, -0.2) is 31.3 Å². The van der Waals surface area contributed by atoms with Gasteiger partial charge in [-0.3, -0.25) is 20.4 Å². The molecule has 0 fully saturated rings. The molecular weight excluding hydrogens is 378 g/mol. The maximum Gasteiger partial charge on any atom is 0.269 e. The lowest BCUT2D eigenvalue weighted by atomic mass is 10.2. The highest BCUT2D eigenvalue weighted by molar-refractivity contribution is 7.99. The minimum absolute atomic E-state index is 0.187. The summed E-state index contributed by atoms with van der Waals surface area (Å²) in [7, 11) is 1.49. The van der Waals surface area contributed by atoms with Gasteiger partial charge in [-0.1, -0.05) is 12.1 Å². The van der Waals surface area contributed by atoms with E-state index >= 15 is 0 Å². The van der Waals surface area contributed by atoms with Crippen LogP contribution in [0.3, 0.4) is 0 Å². The van der Waals surface area contributed by atoms with Crippen LogP contribution in [0.1, 0.15) is 28.4 Å². The van der Waals surface area contributed by atoms with E-state index in [0.717, 1.165) is 5.56 Å². The molecule has 0 unspecified atom stereocenters. The third-order valence-electron chi connectivity index (χ3n) is 3.63. The highest BCUT2D eigenvalue weighted by Crippen LogP contribution is 2.27. The fourth-order valence-electron chi connectivity index (χ4n) is 2.26. The molecule has 0 saturated heterocycles. The summed E-state index contributed by atoms with van der Waals surface area (Å²) in [6.45, 7) is 2.34. The number of hydrogen-bond donors (Lipinski definition) is 2. The van der Waals surface area contributed by atoms with Gasteiger partial charge in [0.1, 0.15) is 0 Å². The summed E-state index contributed by atoms with van der Waals surface area (Å²) < 4.78 is 10.6. The smallest absolute Gasteiger partial charge is 0.269 e. The van der Waals surface area contributed by atoms with Gasteiger partial charge in [0.2, 0.25) is 5.91 Å². The summed E-state index contributed by atoms with van der Waals surface area (Å²) in [5, 5.41) is 8.77. The van der Waals surface area contributed by atoms with Crippen LogP contribution in [0, 0.1) is 11.3 Å². The Morgan fingerprint density at radius 2 is 1.86 bits per heavy atom. The molecule has 2 rings (SSSR count). The highest BCUT2D eigenvalue weighted by atomic mass is 32.2. The number of carbonyl (C=O) groups is 2. The van der Waals surface area contributed by atoms with Gasteiger partial charge >= 0.3 is 0 Å². The molecule has 146 valence electrons. The monoisotopic (exact) mass is 399 g/mol. The summed E-state index contributed by atoms with van der Waals surface area (Å²) >= 11 is 1.41. The number of nitrogens with zero attached hydrogens (tertiary/aromatic N) is 1. The van der Waals surface area contributed by atoms with Crippen molar-refractivity contribution in [2.75, 3.05) is 19.5 Å². The zero-order valence-electron chi connectivity index (χ0n) is 15.7. The number of nitrogens with one attached hydrogen (secondary N) is 2. The minimum Gasteiger partial charge on any atom is -0.493 e. The first-order chi connectivity index (χ1) is 13.6. The van der Waals surface area contributed by atoms with E-state index in [1.807, 2.05) is 19.1 Å². The molecule has 8 heteroatoms. The maximum atomic E-state index is 12.2. The Hall–Kier alpha value is -3.18. The molecule has 0 spiro atoms. The predicted molar refractivity (Wildman–Crippen MR) is 107 cm³/mol. The van der Waals surface area contributed by atoms with Gasteiger partial charge in [-0.05, 0) is 42.8 Å². The number of rotatable bonds is 8. The zero-order chi connectivity index (χ0) is 20.4. The van der Waals surface area contributed by atoms with Crippen molar-refractivity contribution in [1.29, 1.82) is 5.26 Å². The van der Waals surface area contributed by atoms with Gasteiger partial charge in [-0.25, -0.2) is 0 Å². The average Bonchev–Trinajstić information content (AvgIpc) is 2.73. The van der Waals surface area contributed by atoms with E-state index in [-0.39, 0.29) is 11.7 Å². The van der Waals surface area contributed by atoms with Crippen LogP contribution in [0.5, 0.6) is 11.5 Å². The Bertz CT molecular complexity index is 863. The Balaban J connectivity index is 1.78. The van der Waals surface area contributed by atoms with Crippen molar-refractivity contribution >= 4 is 23.6 Å². The van der Waals surface area contributed by atoms with E-state index in [2.05, 4.69) is 16.9 Å². The van der Waals surface area contributed by atoms with Gasteiger partial charge in [0.25, 0.3) is 5.91 Å². The summed E-state index contributed by atoms with van der Waals surface area (Å²) in [6, 6.07) is 14.0. The Morgan fingerprint density at radius 3 is 2.50 bits per heavy atom. The Morgan fingerprint density at radius 1 is 1.11 bits per heavy atom. The molecule has 0 aliphatic rings. The van der Waals surface area contributed by atoms with Crippen molar-refractivity contribution in [3.63, 3.8) is 0 Å². The number of thioether (sulfide) groups is 1. The van der Waals surface area contributed by atoms with Crippen molar-refractivity contribution in [2.45, 2.75) is 12.7 Å². The lowest BCUT2D eigenvalue weighted by Gasteiger charge is -2.11. The largest absolute Gasteiger partial charge is 0.493 e. The molecule has 28 heavy (non-hydrogen) atoms. The first kappa shape index (κ1) is 21.1. The molecular formula is C20H21N3O4S. The fourth-order valence-corrected chi connectivity index (χ4v) is 3.04. The van der Waals surface area contributed by atoms with Gasteiger partial charge in [-0.2, -0.15) is 5.26 Å². The second kappa shape index (κ2) is 10.8. The van der Waals surface area contributed by atoms with Crippen molar-refractivity contribution in [1.82, 2.24) is 10.9 Å². The van der Waals surface area contributed by atoms with Crippen LogP contribution in [0.15, 0.2) is 42.5 Å². The third-order valence-corrected chi connectivity index (χ3v) is 4.63. The molecule has 7 nitrogen and oxygen atoms in total. The van der Waals surface area contributed by atoms with Crippen LogP contribution in [0.4, 0.5) is 0 Å². The molecule has 0 aromatic heterocycles. The number of methoxy groups -OCH3 is 1. The van der Waals surface area contributed by atoms with E-state index < -0.39 is 5.91 Å². The maximum absolute atomic E-state index is 12.2. The third kappa shape index (κ3) is 6.21. The second-order valence-electron chi connectivity index (χ2n) is 5.60. The number of hydrazine groups is 1. The highest BCUT2D eigenvalue weighted by Gasteiger charge is 2.12. The van der Waals surface area contributed by atoms with Crippen LogP contribution in [-0.2, 0) is 10.5 Å². The molecule has 2 aromatic carbocycles. The molecule has 2 amide bonds. The van der Waals surface area contributed by atoms with Crippen molar-refractivity contribution in [3.05, 3.63) is 59.2 Å². The Labute approximate surface area is 168 Å². The van der Waals surface area contributed by atoms with Crippen molar-refractivity contribution in [2.24, 2.45) is 0 Å². The Kier molecular flexibility index (Phi) is 8.18. The SMILES string of the molecule is CCOc1ccc(C(=O)NNC(=O)CSCc2ccc(C#N)cc2)cc1OC. The molecule has 0 saturated carbocycles. The topological polar surface area (TPSA) is 100 Å². The van der Waals surface area contributed by atoms with E-state index in [4.69, 9.17) is 14.7 Å². The number of benzene rings is 2. The predicted octanol–water partition coefficient (Wildman–Crippen LogP) is 2.66. The van der Waals surface area contributed by atoms with Gasteiger partial charge < -0.3 is 9.47 Å². The molecule has 0 aliphatic carbocycles. The summed E-state index contributed by atoms with van der Waals surface area (Å²) in [4.78, 5) is 24.1.